The normalized spacial score (nSPS) is 20.0. The molecule has 1 amide bonds. The molecule has 0 bridgehead atoms. The van der Waals surface area contributed by atoms with Gasteiger partial charge in [-0.3, -0.25) is 4.90 Å². The van der Waals surface area contributed by atoms with Crippen molar-refractivity contribution in [3.8, 4) is 0 Å². The van der Waals surface area contributed by atoms with Crippen LogP contribution in [0.1, 0.15) is 37.4 Å². The maximum Gasteiger partial charge on any atom is 0.410 e. The first kappa shape index (κ1) is 12.3. The SMILES string of the molecule is CC(C)(C)OC(=O)N1Cc2ncsc2C(O)C1. The Balaban J connectivity index is 2.09. The summed E-state index contributed by atoms with van der Waals surface area (Å²) in [6, 6.07) is 0. The van der Waals surface area contributed by atoms with Gasteiger partial charge in [-0.2, -0.15) is 0 Å². The van der Waals surface area contributed by atoms with Crippen LogP contribution in [0.2, 0.25) is 0 Å². The first-order valence-electron chi connectivity index (χ1n) is 5.45. The molecular weight excluding hydrogens is 240 g/mol. The van der Waals surface area contributed by atoms with Crippen LogP contribution in [0.25, 0.3) is 0 Å². The van der Waals surface area contributed by atoms with Crippen molar-refractivity contribution in [2.45, 2.75) is 39.0 Å². The summed E-state index contributed by atoms with van der Waals surface area (Å²) in [6.07, 6.45) is -1.06. The predicted molar refractivity (Wildman–Crippen MR) is 63.7 cm³/mol. The Kier molecular flexibility index (Phi) is 3.09. The van der Waals surface area contributed by atoms with Crippen molar-refractivity contribution >= 4 is 17.4 Å². The van der Waals surface area contributed by atoms with E-state index >= 15 is 0 Å². The van der Waals surface area contributed by atoms with E-state index in [1.54, 1.807) is 5.51 Å². The zero-order valence-corrected chi connectivity index (χ0v) is 11.0. The lowest BCUT2D eigenvalue weighted by Crippen LogP contribution is -2.41. The molecule has 0 fully saturated rings. The van der Waals surface area contributed by atoms with Crippen LogP contribution in [0.5, 0.6) is 0 Å². The van der Waals surface area contributed by atoms with Crippen LogP contribution in [-0.2, 0) is 11.3 Å². The van der Waals surface area contributed by atoms with Crippen molar-refractivity contribution in [3.63, 3.8) is 0 Å². The Morgan fingerprint density at radius 3 is 3.00 bits per heavy atom. The number of carbonyl (C=O) groups is 1. The number of aliphatic hydroxyl groups is 1. The molecule has 2 heterocycles. The van der Waals surface area contributed by atoms with Gasteiger partial charge < -0.3 is 9.84 Å². The van der Waals surface area contributed by atoms with Crippen molar-refractivity contribution in [3.05, 3.63) is 16.1 Å². The number of nitrogens with zero attached hydrogens (tertiary/aromatic N) is 2. The van der Waals surface area contributed by atoms with E-state index in [1.165, 1.54) is 16.2 Å². The molecule has 1 aromatic heterocycles. The molecule has 0 saturated heterocycles. The average molecular weight is 256 g/mol. The molecule has 1 aliphatic heterocycles. The fourth-order valence-corrected chi connectivity index (χ4v) is 2.45. The Morgan fingerprint density at radius 2 is 2.35 bits per heavy atom. The number of aromatic nitrogens is 1. The Bertz CT molecular complexity index is 425. The minimum atomic E-state index is -0.654. The lowest BCUT2D eigenvalue weighted by molar-refractivity contribution is 0.00845. The molecule has 1 aliphatic rings. The Labute approximate surface area is 104 Å². The molecule has 94 valence electrons. The van der Waals surface area contributed by atoms with E-state index in [9.17, 15) is 9.90 Å². The monoisotopic (exact) mass is 256 g/mol. The molecule has 0 aromatic carbocycles. The zero-order chi connectivity index (χ0) is 12.6. The maximum absolute atomic E-state index is 11.9. The molecule has 1 aromatic rings. The highest BCUT2D eigenvalue weighted by atomic mass is 32.1. The molecule has 0 radical (unpaired) electrons. The number of ether oxygens (including phenoxy) is 1. The summed E-state index contributed by atoms with van der Waals surface area (Å²) in [7, 11) is 0. The molecule has 5 nitrogen and oxygen atoms in total. The predicted octanol–water partition coefficient (Wildman–Crippen LogP) is 1.93. The standard InChI is InChI=1S/C11H16N2O3S/c1-11(2,3)16-10(15)13-4-7-9(8(14)5-13)17-6-12-7/h6,8,14H,4-5H2,1-3H3. The van der Waals surface area contributed by atoms with Gasteiger partial charge in [-0.1, -0.05) is 0 Å². The highest BCUT2D eigenvalue weighted by Gasteiger charge is 2.31. The van der Waals surface area contributed by atoms with Gasteiger partial charge in [0.2, 0.25) is 0 Å². The number of aliphatic hydroxyl groups excluding tert-OH is 1. The number of hydrogen-bond acceptors (Lipinski definition) is 5. The largest absolute Gasteiger partial charge is 0.444 e. The van der Waals surface area contributed by atoms with Crippen LogP contribution >= 0.6 is 11.3 Å². The van der Waals surface area contributed by atoms with E-state index in [0.717, 1.165) is 10.6 Å². The van der Waals surface area contributed by atoms with Crippen molar-refractivity contribution in [1.82, 2.24) is 9.88 Å². The van der Waals surface area contributed by atoms with E-state index in [4.69, 9.17) is 4.74 Å². The van der Waals surface area contributed by atoms with E-state index in [0.29, 0.717) is 6.54 Å². The molecule has 2 rings (SSSR count). The summed E-state index contributed by atoms with van der Waals surface area (Å²) < 4.78 is 5.27. The van der Waals surface area contributed by atoms with Crippen LogP contribution in [0, 0.1) is 0 Å². The number of β-amino-alcohol motifs (C(OH)–C–C–N with tert-alkyl or cyclic N) is 1. The van der Waals surface area contributed by atoms with Gasteiger partial charge in [0.05, 0.1) is 29.2 Å². The Morgan fingerprint density at radius 1 is 1.65 bits per heavy atom. The second-order valence-corrected chi connectivity index (χ2v) is 5.93. The average Bonchev–Trinajstić information content (AvgIpc) is 2.63. The summed E-state index contributed by atoms with van der Waals surface area (Å²) >= 11 is 1.42. The highest BCUT2D eigenvalue weighted by molar-refractivity contribution is 7.09. The number of carbonyl (C=O) groups excluding carboxylic acids is 1. The van der Waals surface area contributed by atoms with Crippen LogP contribution in [-0.4, -0.2) is 33.2 Å². The lowest BCUT2D eigenvalue weighted by Gasteiger charge is -2.31. The van der Waals surface area contributed by atoms with E-state index in [-0.39, 0.29) is 6.54 Å². The Hall–Kier alpha value is -1.14. The zero-order valence-electron chi connectivity index (χ0n) is 10.1. The minimum Gasteiger partial charge on any atom is -0.444 e. The third-order valence-corrected chi connectivity index (χ3v) is 3.33. The smallest absolute Gasteiger partial charge is 0.410 e. The summed E-state index contributed by atoms with van der Waals surface area (Å²) in [5, 5.41) is 9.89. The lowest BCUT2D eigenvalue weighted by atomic mass is 10.1. The molecular formula is C11H16N2O3S. The van der Waals surface area contributed by atoms with Crippen LogP contribution in [0.15, 0.2) is 5.51 Å². The fourth-order valence-electron chi connectivity index (χ4n) is 1.67. The van der Waals surface area contributed by atoms with Crippen molar-refractivity contribution in [2.24, 2.45) is 0 Å². The first-order valence-corrected chi connectivity index (χ1v) is 6.33. The van der Waals surface area contributed by atoms with Gasteiger partial charge in [0.15, 0.2) is 0 Å². The summed E-state index contributed by atoms with van der Waals surface area (Å²) in [5.41, 5.74) is 1.93. The minimum absolute atomic E-state index is 0.268. The maximum atomic E-state index is 11.9. The van der Waals surface area contributed by atoms with Gasteiger partial charge in [-0.05, 0) is 20.8 Å². The summed E-state index contributed by atoms with van der Waals surface area (Å²) in [6.45, 7) is 6.13. The molecule has 1 unspecified atom stereocenters. The van der Waals surface area contributed by atoms with Gasteiger partial charge in [-0.25, -0.2) is 9.78 Å². The van der Waals surface area contributed by atoms with E-state index in [2.05, 4.69) is 4.98 Å². The van der Waals surface area contributed by atoms with E-state index in [1.807, 2.05) is 20.8 Å². The second kappa shape index (κ2) is 4.27. The van der Waals surface area contributed by atoms with Gasteiger partial charge >= 0.3 is 6.09 Å². The van der Waals surface area contributed by atoms with Crippen molar-refractivity contribution < 1.29 is 14.6 Å². The third kappa shape index (κ3) is 2.76. The van der Waals surface area contributed by atoms with Gasteiger partial charge in [0.25, 0.3) is 0 Å². The van der Waals surface area contributed by atoms with Gasteiger partial charge in [-0.15, -0.1) is 11.3 Å². The van der Waals surface area contributed by atoms with Gasteiger partial charge in [0, 0.05) is 0 Å². The van der Waals surface area contributed by atoms with Crippen LogP contribution in [0.4, 0.5) is 4.79 Å². The number of hydrogen-bond donors (Lipinski definition) is 1. The van der Waals surface area contributed by atoms with Crippen molar-refractivity contribution in [2.75, 3.05) is 6.54 Å². The molecule has 17 heavy (non-hydrogen) atoms. The molecule has 0 saturated carbocycles. The summed E-state index contributed by atoms with van der Waals surface area (Å²) in [4.78, 5) is 18.3. The highest BCUT2D eigenvalue weighted by Crippen LogP contribution is 2.29. The van der Waals surface area contributed by atoms with Crippen LogP contribution < -0.4 is 0 Å². The molecule has 1 N–H and O–H groups in total. The number of rotatable bonds is 0. The quantitative estimate of drug-likeness (QED) is 0.770. The van der Waals surface area contributed by atoms with Gasteiger partial charge in [0.1, 0.15) is 11.7 Å². The van der Waals surface area contributed by atoms with Crippen LogP contribution in [0.3, 0.4) is 0 Å². The number of fused-ring (bicyclic) bond motifs is 1. The first-order chi connectivity index (χ1) is 7.87. The second-order valence-electron chi connectivity index (χ2n) is 5.04. The molecule has 0 spiro atoms. The molecule has 1 atom stereocenters. The third-order valence-electron chi connectivity index (χ3n) is 2.36. The molecule has 6 heteroatoms. The number of thiazole rings is 1. The number of amides is 1. The molecule has 0 aliphatic carbocycles. The fraction of sp³-hybridized carbons (Fsp3) is 0.636. The van der Waals surface area contributed by atoms with E-state index < -0.39 is 17.8 Å². The summed E-state index contributed by atoms with van der Waals surface area (Å²) in [5.74, 6) is 0. The van der Waals surface area contributed by atoms with Crippen molar-refractivity contribution in [1.29, 1.82) is 0 Å². The topological polar surface area (TPSA) is 62.7 Å².